The van der Waals surface area contributed by atoms with Gasteiger partial charge in [0.1, 0.15) is 0 Å². The summed E-state index contributed by atoms with van der Waals surface area (Å²) in [6.45, 7) is 5.11. The molecular formula is C10H25NO7P2. The van der Waals surface area contributed by atoms with Crippen LogP contribution in [0.3, 0.4) is 0 Å². The van der Waals surface area contributed by atoms with Gasteiger partial charge in [0.05, 0.1) is 0 Å². The SMILES string of the molecule is CCCCCN(CC)CCC(O)(P(=O)(O)O)P(=O)(O)O. The van der Waals surface area contributed by atoms with Crippen LogP contribution in [0.15, 0.2) is 0 Å². The first-order valence-electron chi connectivity index (χ1n) is 6.55. The molecule has 0 spiro atoms. The molecule has 0 fully saturated rings. The summed E-state index contributed by atoms with van der Waals surface area (Å²) < 4.78 is 22.4. The fourth-order valence-electron chi connectivity index (χ4n) is 1.78. The Morgan fingerprint density at radius 2 is 1.45 bits per heavy atom. The Morgan fingerprint density at radius 3 is 1.80 bits per heavy atom. The summed E-state index contributed by atoms with van der Waals surface area (Å²) in [4.78, 5) is 37.9. The minimum absolute atomic E-state index is 0.00688. The van der Waals surface area contributed by atoms with Crippen molar-refractivity contribution in [1.82, 2.24) is 4.90 Å². The zero-order valence-electron chi connectivity index (χ0n) is 11.8. The molecule has 0 saturated heterocycles. The van der Waals surface area contributed by atoms with Gasteiger partial charge in [0, 0.05) is 13.0 Å². The molecule has 10 heteroatoms. The van der Waals surface area contributed by atoms with Gasteiger partial charge in [0.2, 0.25) is 0 Å². The summed E-state index contributed by atoms with van der Waals surface area (Å²) in [7, 11) is -10.7. The first-order valence-corrected chi connectivity index (χ1v) is 9.78. The lowest BCUT2D eigenvalue weighted by Gasteiger charge is -2.31. The first-order chi connectivity index (χ1) is 8.99. The van der Waals surface area contributed by atoms with Crippen LogP contribution in [0, 0.1) is 0 Å². The van der Waals surface area contributed by atoms with Crippen LogP contribution < -0.4 is 0 Å². The predicted octanol–water partition coefficient (Wildman–Crippen LogP) is 0.890. The van der Waals surface area contributed by atoms with E-state index in [-0.39, 0.29) is 6.54 Å². The number of hydrogen-bond donors (Lipinski definition) is 5. The van der Waals surface area contributed by atoms with Crippen LogP contribution in [0.4, 0.5) is 0 Å². The summed E-state index contributed by atoms with van der Waals surface area (Å²) in [6.07, 6.45) is 2.22. The molecule has 20 heavy (non-hydrogen) atoms. The van der Waals surface area contributed by atoms with E-state index in [1.165, 1.54) is 0 Å². The maximum atomic E-state index is 11.2. The number of unbranched alkanes of at least 4 members (excludes halogenated alkanes) is 2. The van der Waals surface area contributed by atoms with E-state index in [1.54, 1.807) is 4.90 Å². The summed E-state index contributed by atoms with van der Waals surface area (Å²) >= 11 is 0. The van der Waals surface area contributed by atoms with Gasteiger partial charge in [0.25, 0.3) is 5.08 Å². The van der Waals surface area contributed by atoms with Gasteiger partial charge in [-0.3, -0.25) is 9.13 Å². The summed E-state index contributed by atoms with van der Waals surface area (Å²) in [5, 5.41) is 6.44. The molecule has 0 aromatic rings. The van der Waals surface area contributed by atoms with Crippen molar-refractivity contribution in [3.05, 3.63) is 0 Å². The van der Waals surface area contributed by atoms with E-state index in [9.17, 15) is 14.2 Å². The molecule has 122 valence electrons. The van der Waals surface area contributed by atoms with E-state index in [0.29, 0.717) is 13.1 Å². The van der Waals surface area contributed by atoms with E-state index < -0.39 is 26.7 Å². The second-order valence-electron chi connectivity index (χ2n) is 4.75. The summed E-state index contributed by atoms with van der Waals surface area (Å²) in [5.41, 5.74) is 0. The van der Waals surface area contributed by atoms with Crippen LogP contribution in [-0.2, 0) is 9.13 Å². The maximum Gasteiger partial charge on any atom is 0.369 e. The van der Waals surface area contributed by atoms with Gasteiger partial charge in [0.15, 0.2) is 0 Å². The molecule has 0 aliphatic heterocycles. The summed E-state index contributed by atoms with van der Waals surface area (Å²) in [6, 6.07) is 0. The molecule has 5 N–H and O–H groups in total. The van der Waals surface area contributed by atoms with E-state index in [4.69, 9.17) is 19.6 Å². The monoisotopic (exact) mass is 333 g/mol. The van der Waals surface area contributed by atoms with Gasteiger partial charge in [-0.15, -0.1) is 0 Å². The van der Waals surface area contributed by atoms with E-state index >= 15 is 0 Å². The van der Waals surface area contributed by atoms with E-state index in [2.05, 4.69) is 0 Å². The summed E-state index contributed by atoms with van der Waals surface area (Å²) in [5.74, 6) is 0. The molecular weight excluding hydrogens is 308 g/mol. The fourth-order valence-corrected chi connectivity index (χ4v) is 3.92. The minimum atomic E-state index is -5.34. The van der Waals surface area contributed by atoms with Gasteiger partial charge in [-0.05, 0) is 19.5 Å². The van der Waals surface area contributed by atoms with Gasteiger partial charge in [-0.25, -0.2) is 0 Å². The second-order valence-corrected chi connectivity index (χ2v) is 8.76. The molecule has 8 nitrogen and oxygen atoms in total. The normalized spacial score (nSPS) is 14.0. The lowest BCUT2D eigenvalue weighted by atomic mass is 10.2. The van der Waals surface area contributed by atoms with Crippen LogP contribution in [0.1, 0.15) is 39.5 Å². The van der Waals surface area contributed by atoms with Crippen LogP contribution in [0.5, 0.6) is 0 Å². The average Bonchev–Trinajstić information content (AvgIpc) is 2.30. The van der Waals surface area contributed by atoms with Crippen molar-refractivity contribution in [2.45, 2.75) is 44.6 Å². The predicted molar refractivity (Wildman–Crippen MR) is 75.3 cm³/mol. The van der Waals surface area contributed by atoms with Gasteiger partial charge in [-0.2, -0.15) is 0 Å². The molecule has 0 aliphatic carbocycles. The highest BCUT2D eigenvalue weighted by molar-refractivity contribution is 7.72. The van der Waals surface area contributed by atoms with E-state index in [0.717, 1.165) is 19.3 Å². The third-order valence-electron chi connectivity index (χ3n) is 3.22. The molecule has 0 radical (unpaired) electrons. The number of hydrogen-bond acceptors (Lipinski definition) is 4. The zero-order chi connectivity index (χ0) is 16.0. The third kappa shape index (κ3) is 5.54. The maximum absolute atomic E-state index is 11.2. The highest BCUT2D eigenvalue weighted by atomic mass is 31.2. The number of aliphatic hydroxyl groups is 1. The van der Waals surface area contributed by atoms with Crippen LogP contribution >= 0.6 is 15.2 Å². The van der Waals surface area contributed by atoms with Crippen molar-refractivity contribution in [2.75, 3.05) is 19.6 Å². The lowest BCUT2D eigenvalue weighted by Crippen LogP contribution is -2.35. The molecule has 0 aliphatic rings. The Bertz CT molecular complexity index is 356. The minimum Gasteiger partial charge on any atom is -0.367 e. The Balaban J connectivity index is 4.78. The zero-order valence-corrected chi connectivity index (χ0v) is 13.6. The molecule has 0 heterocycles. The first kappa shape index (κ1) is 20.2. The van der Waals surface area contributed by atoms with Gasteiger partial charge < -0.3 is 29.6 Å². The lowest BCUT2D eigenvalue weighted by molar-refractivity contribution is 0.108. The number of rotatable bonds is 10. The Hall–Kier alpha value is 0.220. The average molecular weight is 333 g/mol. The topological polar surface area (TPSA) is 139 Å². The van der Waals surface area contributed by atoms with Crippen molar-refractivity contribution in [2.24, 2.45) is 0 Å². The van der Waals surface area contributed by atoms with Crippen molar-refractivity contribution < 1.29 is 33.8 Å². The molecule has 0 aromatic heterocycles. The Morgan fingerprint density at radius 1 is 0.950 bits per heavy atom. The fraction of sp³-hybridized carbons (Fsp3) is 1.00. The molecule has 0 saturated carbocycles. The van der Waals surface area contributed by atoms with Crippen LogP contribution in [0.25, 0.3) is 0 Å². The molecule has 0 amide bonds. The van der Waals surface area contributed by atoms with Crippen molar-refractivity contribution in [1.29, 1.82) is 0 Å². The molecule has 0 atom stereocenters. The standard InChI is InChI=1S/C10H25NO7P2/c1-3-5-6-8-11(4-2)9-7-10(12,19(13,14)15)20(16,17)18/h12H,3-9H2,1-2H3,(H2,13,14,15)(H2,16,17,18). The number of nitrogens with zero attached hydrogens (tertiary/aromatic N) is 1. The van der Waals surface area contributed by atoms with E-state index in [1.807, 2.05) is 13.8 Å². The Labute approximate surface area is 119 Å². The molecule has 0 rings (SSSR count). The third-order valence-corrected chi connectivity index (χ3v) is 7.10. The Kier molecular flexibility index (Phi) is 8.10. The molecule has 0 bridgehead atoms. The second kappa shape index (κ2) is 8.01. The van der Waals surface area contributed by atoms with Crippen molar-refractivity contribution in [3.8, 4) is 0 Å². The van der Waals surface area contributed by atoms with Gasteiger partial charge >= 0.3 is 15.2 Å². The highest BCUT2D eigenvalue weighted by Gasteiger charge is 2.58. The molecule has 0 unspecified atom stereocenters. The smallest absolute Gasteiger partial charge is 0.367 e. The van der Waals surface area contributed by atoms with Crippen LogP contribution in [0.2, 0.25) is 0 Å². The largest absolute Gasteiger partial charge is 0.369 e. The van der Waals surface area contributed by atoms with Gasteiger partial charge in [-0.1, -0.05) is 26.7 Å². The molecule has 0 aromatic carbocycles. The quantitative estimate of drug-likeness (QED) is 0.293. The van der Waals surface area contributed by atoms with Crippen LogP contribution in [-0.4, -0.2) is 54.3 Å². The van der Waals surface area contributed by atoms with Crippen molar-refractivity contribution >= 4 is 15.2 Å². The highest BCUT2D eigenvalue weighted by Crippen LogP contribution is 2.68. The van der Waals surface area contributed by atoms with Crippen molar-refractivity contribution in [3.63, 3.8) is 0 Å².